The van der Waals surface area contributed by atoms with Gasteiger partial charge >= 0.3 is 11.9 Å². The number of alkyl halides is 3. The van der Waals surface area contributed by atoms with Crippen LogP contribution in [-0.4, -0.2) is 33.2 Å². The number of ether oxygens (including phenoxy) is 1. The number of aromatic nitrogens is 3. The fraction of sp³-hybridized carbons (Fsp3) is 0.167. The third kappa shape index (κ3) is 4.77. The molecule has 0 saturated heterocycles. The van der Waals surface area contributed by atoms with E-state index in [0.29, 0.717) is 17.1 Å². The molecule has 0 unspecified atom stereocenters. The van der Waals surface area contributed by atoms with E-state index in [9.17, 15) is 22.8 Å². The molecule has 1 aromatic carbocycles. The lowest BCUT2D eigenvalue weighted by Crippen LogP contribution is -2.20. The van der Waals surface area contributed by atoms with Gasteiger partial charge in [-0.05, 0) is 25.1 Å². The van der Waals surface area contributed by atoms with Crippen LogP contribution in [0.2, 0.25) is 5.02 Å². The molecule has 7 nitrogen and oxygen atoms in total. The van der Waals surface area contributed by atoms with Crippen molar-refractivity contribution in [3.05, 3.63) is 69.5 Å². The minimum absolute atomic E-state index is 0.00213. The fourth-order valence-corrected chi connectivity index (χ4v) is 2.75. The van der Waals surface area contributed by atoms with E-state index in [1.165, 1.54) is 10.8 Å². The Morgan fingerprint density at radius 1 is 1.34 bits per heavy atom. The van der Waals surface area contributed by atoms with Crippen molar-refractivity contribution in [3.63, 3.8) is 0 Å². The fourth-order valence-electron chi connectivity index (χ4n) is 2.53. The van der Waals surface area contributed by atoms with E-state index < -0.39 is 24.6 Å². The summed E-state index contributed by atoms with van der Waals surface area (Å²) in [5.41, 5.74) is 1.04. The molecule has 0 bridgehead atoms. The van der Waals surface area contributed by atoms with E-state index in [-0.39, 0.29) is 16.3 Å². The number of imidazole rings is 1. The maximum Gasteiger partial charge on any atom is 0.422 e. The molecular weight excluding hydrogens is 413 g/mol. The van der Waals surface area contributed by atoms with Crippen molar-refractivity contribution >= 4 is 23.2 Å². The monoisotopic (exact) mass is 426 g/mol. The van der Waals surface area contributed by atoms with Gasteiger partial charge in [0.1, 0.15) is 5.02 Å². The van der Waals surface area contributed by atoms with Gasteiger partial charge in [-0.2, -0.15) is 13.2 Å². The molecule has 2 N–H and O–H groups in total. The van der Waals surface area contributed by atoms with Gasteiger partial charge in [0.15, 0.2) is 6.61 Å². The number of carbonyl (C=O) groups is 1. The number of pyridine rings is 1. The summed E-state index contributed by atoms with van der Waals surface area (Å²) >= 11 is 5.87. The lowest BCUT2D eigenvalue weighted by Gasteiger charge is -2.13. The van der Waals surface area contributed by atoms with Gasteiger partial charge in [0.25, 0.3) is 5.91 Å². The predicted molar refractivity (Wildman–Crippen MR) is 99.9 cm³/mol. The molecule has 11 heteroatoms. The molecule has 0 atom stereocenters. The molecule has 0 aliphatic carbocycles. The second-order valence-corrected chi connectivity index (χ2v) is 6.36. The normalized spacial score (nSPS) is 11.3. The predicted octanol–water partition coefficient (Wildman–Crippen LogP) is 3.72. The number of amides is 1. The third-order valence-corrected chi connectivity index (χ3v) is 4.07. The number of H-pyrrole nitrogens is 1. The Labute approximate surface area is 167 Å². The minimum atomic E-state index is -4.54. The maximum absolute atomic E-state index is 12.6. The van der Waals surface area contributed by atoms with Crippen LogP contribution < -0.4 is 15.7 Å². The number of aryl methyl sites for hydroxylation is 1. The first-order chi connectivity index (χ1) is 13.7. The molecule has 2 heterocycles. The summed E-state index contributed by atoms with van der Waals surface area (Å²) in [4.78, 5) is 30.8. The highest BCUT2D eigenvalue weighted by Crippen LogP contribution is 2.26. The topological polar surface area (TPSA) is 89.0 Å². The molecule has 0 spiro atoms. The molecule has 3 aromatic rings. The zero-order valence-electron chi connectivity index (χ0n) is 14.9. The standard InChI is InChI=1S/C18H14ClF3N4O3/c1-10-7-24-17(28)26(10)14-5-3-2-4-13(14)25-15(27)11-6-12(19)16(23-8-11)29-9-18(20,21)22/h2-8H,9H2,1H3,(H,24,28)(H,25,27). The lowest BCUT2D eigenvalue weighted by molar-refractivity contribution is -0.154. The summed E-state index contributed by atoms with van der Waals surface area (Å²) in [5.74, 6) is -1.05. The van der Waals surface area contributed by atoms with Crippen LogP contribution in [0.4, 0.5) is 18.9 Å². The van der Waals surface area contributed by atoms with Crippen LogP contribution in [0.5, 0.6) is 5.88 Å². The Morgan fingerprint density at radius 2 is 2.07 bits per heavy atom. The van der Waals surface area contributed by atoms with Gasteiger partial charge < -0.3 is 15.0 Å². The highest BCUT2D eigenvalue weighted by Gasteiger charge is 2.29. The molecule has 0 aliphatic rings. The minimum Gasteiger partial charge on any atom is -0.467 e. The zero-order chi connectivity index (χ0) is 21.2. The molecule has 0 radical (unpaired) electrons. The number of halogens is 4. The van der Waals surface area contributed by atoms with Gasteiger partial charge in [-0.15, -0.1) is 0 Å². The second kappa shape index (κ2) is 8.00. The highest BCUT2D eigenvalue weighted by molar-refractivity contribution is 6.32. The van der Waals surface area contributed by atoms with Crippen LogP contribution >= 0.6 is 11.6 Å². The van der Waals surface area contributed by atoms with Gasteiger partial charge in [0.05, 0.1) is 16.9 Å². The Hall–Kier alpha value is -3.27. The Kier molecular flexibility index (Phi) is 5.64. The Morgan fingerprint density at radius 3 is 2.69 bits per heavy atom. The molecule has 3 rings (SSSR count). The van der Waals surface area contributed by atoms with E-state index in [4.69, 9.17) is 11.6 Å². The van der Waals surface area contributed by atoms with Crippen LogP contribution in [0, 0.1) is 6.92 Å². The first-order valence-electron chi connectivity index (χ1n) is 8.18. The zero-order valence-corrected chi connectivity index (χ0v) is 15.6. The molecule has 152 valence electrons. The van der Waals surface area contributed by atoms with E-state index in [1.54, 1.807) is 31.2 Å². The van der Waals surface area contributed by atoms with Gasteiger partial charge in [0.2, 0.25) is 5.88 Å². The van der Waals surface area contributed by atoms with Crippen molar-refractivity contribution in [2.45, 2.75) is 13.1 Å². The summed E-state index contributed by atoms with van der Waals surface area (Å²) < 4.78 is 42.6. The smallest absolute Gasteiger partial charge is 0.422 e. The average Bonchev–Trinajstić information content (AvgIpc) is 2.98. The third-order valence-electron chi connectivity index (χ3n) is 3.80. The van der Waals surface area contributed by atoms with Gasteiger partial charge in [-0.3, -0.25) is 9.36 Å². The second-order valence-electron chi connectivity index (χ2n) is 5.96. The van der Waals surface area contributed by atoms with Gasteiger partial charge in [0, 0.05) is 18.1 Å². The molecule has 0 aliphatic heterocycles. The number of aromatic amines is 1. The number of hydrogen-bond donors (Lipinski definition) is 2. The summed E-state index contributed by atoms with van der Waals surface area (Å²) in [6.45, 7) is 0.170. The van der Waals surface area contributed by atoms with Crippen LogP contribution in [0.3, 0.4) is 0 Å². The summed E-state index contributed by atoms with van der Waals surface area (Å²) in [7, 11) is 0. The summed E-state index contributed by atoms with van der Waals surface area (Å²) in [6, 6.07) is 7.77. The van der Waals surface area contributed by atoms with Crippen molar-refractivity contribution < 1.29 is 22.7 Å². The molecule has 0 fully saturated rings. The number of benzene rings is 1. The van der Waals surface area contributed by atoms with E-state index in [0.717, 1.165) is 12.3 Å². The van der Waals surface area contributed by atoms with Crippen LogP contribution in [0.15, 0.2) is 47.5 Å². The Bertz CT molecular complexity index is 1110. The van der Waals surface area contributed by atoms with E-state index in [1.807, 2.05) is 0 Å². The van der Waals surface area contributed by atoms with Crippen molar-refractivity contribution in [1.29, 1.82) is 0 Å². The van der Waals surface area contributed by atoms with Crippen molar-refractivity contribution in [2.24, 2.45) is 0 Å². The number of nitrogens with one attached hydrogen (secondary N) is 2. The average molecular weight is 427 g/mol. The van der Waals surface area contributed by atoms with Crippen LogP contribution in [-0.2, 0) is 0 Å². The van der Waals surface area contributed by atoms with Crippen LogP contribution in [0.1, 0.15) is 16.1 Å². The quantitative estimate of drug-likeness (QED) is 0.651. The van der Waals surface area contributed by atoms with Gasteiger partial charge in [-0.25, -0.2) is 9.78 Å². The number of hydrogen-bond acceptors (Lipinski definition) is 4. The lowest BCUT2D eigenvalue weighted by atomic mass is 10.2. The molecule has 1 amide bonds. The summed E-state index contributed by atoms with van der Waals surface area (Å²) in [5, 5.41) is 2.40. The number of rotatable bonds is 5. The van der Waals surface area contributed by atoms with Crippen LogP contribution in [0.25, 0.3) is 5.69 Å². The summed E-state index contributed by atoms with van der Waals surface area (Å²) in [6.07, 6.45) is -1.97. The van der Waals surface area contributed by atoms with Crippen molar-refractivity contribution in [2.75, 3.05) is 11.9 Å². The maximum atomic E-state index is 12.6. The molecular formula is C18H14ClF3N4O3. The first-order valence-corrected chi connectivity index (χ1v) is 8.56. The largest absolute Gasteiger partial charge is 0.467 e. The SMILES string of the molecule is Cc1c[nH]c(=O)n1-c1ccccc1NC(=O)c1cnc(OCC(F)(F)F)c(Cl)c1. The Balaban J connectivity index is 1.83. The highest BCUT2D eigenvalue weighted by atomic mass is 35.5. The first kappa shape index (κ1) is 20.5. The van der Waals surface area contributed by atoms with Crippen molar-refractivity contribution in [3.8, 4) is 11.6 Å². The van der Waals surface area contributed by atoms with Crippen molar-refractivity contribution in [1.82, 2.24) is 14.5 Å². The number of carbonyl (C=O) groups excluding carboxylic acids is 1. The number of para-hydroxylation sites is 2. The van der Waals surface area contributed by atoms with E-state index in [2.05, 4.69) is 20.0 Å². The number of anilines is 1. The van der Waals surface area contributed by atoms with E-state index >= 15 is 0 Å². The molecule has 0 saturated carbocycles. The van der Waals surface area contributed by atoms with Gasteiger partial charge in [-0.1, -0.05) is 23.7 Å². The molecule has 2 aromatic heterocycles. The number of nitrogens with zero attached hydrogens (tertiary/aromatic N) is 2. The molecule has 29 heavy (non-hydrogen) atoms.